The SMILES string of the molecule is O=C(CCc1ccccc1)Nc1ccc(F)c(NC(=O)Cc2ccccc2)c1. The first-order chi connectivity index (χ1) is 13.6. The van der Waals surface area contributed by atoms with Crippen LogP contribution in [0.15, 0.2) is 78.9 Å². The van der Waals surface area contributed by atoms with Gasteiger partial charge >= 0.3 is 0 Å². The fourth-order valence-corrected chi connectivity index (χ4v) is 2.80. The quantitative estimate of drug-likeness (QED) is 0.634. The maximum atomic E-state index is 14.0. The molecule has 0 bridgehead atoms. The molecule has 0 radical (unpaired) electrons. The van der Waals surface area contributed by atoms with Crippen LogP contribution in [0.25, 0.3) is 0 Å². The Labute approximate surface area is 163 Å². The van der Waals surface area contributed by atoms with Crippen molar-refractivity contribution in [3.05, 3.63) is 95.8 Å². The maximum absolute atomic E-state index is 14.0. The number of rotatable bonds is 7. The van der Waals surface area contributed by atoms with Crippen LogP contribution in [0.2, 0.25) is 0 Å². The molecule has 28 heavy (non-hydrogen) atoms. The summed E-state index contributed by atoms with van der Waals surface area (Å²) in [7, 11) is 0. The number of anilines is 2. The number of benzene rings is 3. The van der Waals surface area contributed by atoms with Gasteiger partial charge in [-0.15, -0.1) is 0 Å². The molecule has 5 heteroatoms. The average Bonchev–Trinajstić information content (AvgIpc) is 2.70. The zero-order chi connectivity index (χ0) is 19.8. The van der Waals surface area contributed by atoms with E-state index < -0.39 is 5.82 Å². The number of hydrogen-bond acceptors (Lipinski definition) is 2. The Bertz CT molecular complexity index is 943. The van der Waals surface area contributed by atoms with Crippen molar-refractivity contribution in [3.8, 4) is 0 Å². The molecule has 0 aliphatic carbocycles. The largest absolute Gasteiger partial charge is 0.326 e. The third-order valence-electron chi connectivity index (χ3n) is 4.22. The third-order valence-corrected chi connectivity index (χ3v) is 4.22. The predicted octanol–water partition coefficient (Wildman–Crippen LogP) is 4.58. The van der Waals surface area contributed by atoms with Gasteiger partial charge in [-0.2, -0.15) is 0 Å². The van der Waals surface area contributed by atoms with Gasteiger partial charge in [-0.05, 0) is 35.7 Å². The first-order valence-electron chi connectivity index (χ1n) is 9.07. The average molecular weight is 376 g/mol. The summed E-state index contributed by atoms with van der Waals surface area (Å²) >= 11 is 0. The molecule has 0 saturated heterocycles. The van der Waals surface area contributed by atoms with Crippen LogP contribution in [0, 0.1) is 5.82 Å². The van der Waals surface area contributed by atoms with Crippen molar-refractivity contribution in [2.75, 3.05) is 10.6 Å². The van der Waals surface area contributed by atoms with Crippen LogP contribution in [-0.2, 0) is 22.4 Å². The highest BCUT2D eigenvalue weighted by atomic mass is 19.1. The molecule has 2 amide bonds. The molecular formula is C23H21FN2O2. The fourth-order valence-electron chi connectivity index (χ4n) is 2.80. The van der Waals surface area contributed by atoms with Gasteiger partial charge < -0.3 is 10.6 Å². The number of carbonyl (C=O) groups is 2. The highest BCUT2D eigenvalue weighted by Crippen LogP contribution is 2.20. The second-order valence-corrected chi connectivity index (χ2v) is 6.44. The minimum atomic E-state index is -0.552. The lowest BCUT2D eigenvalue weighted by atomic mass is 10.1. The van der Waals surface area contributed by atoms with Crippen molar-refractivity contribution < 1.29 is 14.0 Å². The molecule has 0 atom stereocenters. The van der Waals surface area contributed by atoms with Crippen molar-refractivity contribution in [3.63, 3.8) is 0 Å². The van der Waals surface area contributed by atoms with Crippen LogP contribution >= 0.6 is 0 Å². The molecule has 0 saturated carbocycles. The second kappa shape index (κ2) is 9.46. The molecule has 0 aromatic heterocycles. The normalized spacial score (nSPS) is 10.3. The van der Waals surface area contributed by atoms with E-state index in [1.54, 1.807) is 0 Å². The molecule has 2 N–H and O–H groups in total. The molecule has 4 nitrogen and oxygen atoms in total. The Morgan fingerprint density at radius 3 is 2.07 bits per heavy atom. The summed E-state index contributed by atoms with van der Waals surface area (Å²) in [6, 6.07) is 23.1. The third kappa shape index (κ3) is 5.77. The Morgan fingerprint density at radius 2 is 1.39 bits per heavy atom. The first kappa shape index (κ1) is 19.3. The van der Waals surface area contributed by atoms with Gasteiger partial charge in [-0.3, -0.25) is 9.59 Å². The van der Waals surface area contributed by atoms with Gasteiger partial charge in [0, 0.05) is 12.1 Å². The Balaban J connectivity index is 1.57. The summed E-state index contributed by atoms with van der Waals surface area (Å²) < 4.78 is 14.0. The van der Waals surface area contributed by atoms with E-state index in [2.05, 4.69) is 10.6 Å². The Hall–Kier alpha value is -3.47. The second-order valence-electron chi connectivity index (χ2n) is 6.44. The molecule has 0 unspecified atom stereocenters. The lowest BCUT2D eigenvalue weighted by Crippen LogP contribution is -2.16. The minimum absolute atomic E-state index is 0.0433. The summed E-state index contributed by atoms with van der Waals surface area (Å²) in [5.41, 5.74) is 2.40. The van der Waals surface area contributed by atoms with Gasteiger partial charge in [0.15, 0.2) is 0 Å². The monoisotopic (exact) mass is 376 g/mol. The number of amides is 2. The van der Waals surface area contributed by atoms with Crippen LogP contribution in [0.5, 0.6) is 0 Å². The minimum Gasteiger partial charge on any atom is -0.326 e. The number of aryl methyl sites for hydroxylation is 1. The van der Waals surface area contributed by atoms with E-state index in [4.69, 9.17) is 0 Å². The van der Waals surface area contributed by atoms with Crippen LogP contribution in [0.4, 0.5) is 15.8 Å². The van der Waals surface area contributed by atoms with Crippen molar-refractivity contribution in [2.45, 2.75) is 19.3 Å². The first-order valence-corrected chi connectivity index (χ1v) is 9.07. The van der Waals surface area contributed by atoms with E-state index in [1.807, 2.05) is 60.7 Å². The van der Waals surface area contributed by atoms with Crippen molar-refractivity contribution in [1.29, 1.82) is 0 Å². The van der Waals surface area contributed by atoms with Gasteiger partial charge in [0.05, 0.1) is 12.1 Å². The smallest absolute Gasteiger partial charge is 0.228 e. The molecule has 3 rings (SSSR count). The number of halogens is 1. The predicted molar refractivity (Wildman–Crippen MR) is 109 cm³/mol. The molecule has 0 spiro atoms. The van der Waals surface area contributed by atoms with Gasteiger partial charge in [0.1, 0.15) is 5.82 Å². The molecule has 0 fully saturated rings. The standard InChI is InChI=1S/C23H21FN2O2/c24-20-13-12-19(25-22(27)14-11-17-7-3-1-4-8-17)16-21(20)26-23(28)15-18-9-5-2-6-10-18/h1-10,12-13,16H,11,14-15H2,(H,25,27)(H,26,28). The lowest BCUT2D eigenvalue weighted by molar-refractivity contribution is -0.116. The van der Waals surface area contributed by atoms with Crippen LogP contribution in [0.3, 0.4) is 0 Å². The molecule has 0 aliphatic heterocycles. The highest BCUT2D eigenvalue weighted by Gasteiger charge is 2.10. The fraction of sp³-hybridized carbons (Fsp3) is 0.130. The molecule has 3 aromatic rings. The van der Waals surface area contributed by atoms with E-state index in [-0.39, 0.29) is 23.9 Å². The molecular weight excluding hydrogens is 355 g/mol. The van der Waals surface area contributed by atoms with E-state index in [1.165, 1.54) is 18.2 Å². The van der Waals surface area contributed by atoms with Gasteiger partial charge in [-0.25, -0.2) is 4.39 Å². The number of carbonyl (C=O) groups excluding carboxylic acids is 2. The van der Waals surface area contributed by atoms with Crippen LogP contribution in [-0.4, -0.2) is 11.8 Å². The Kier molecular flexibility index (Phi) is 6.52. The lowest BCUT2D eigenvalue weighted by Gasteiger charge is -2.10. The summed E-state index contributed by atoms with van der Waals surface area (Å²) in [5, 5.41) is 5.31. The molecule has 0 aliphatic rings. The maximum Gasteiger partial charge on any atom is 0.228 e. The zero-order valence-electron chi connectivity index (χ0n) is 15.3. The summed E-state index contributed by atoms with van der Waals surface area (Å²) in [5.74, 6) is -1.04. The van der Waals surface area contributed by atoms with Gasteiger partial charge in [0.25, 0.3) is 0 Å². The molecule has 0 heterocycles. The van der Waals surface area contributed by atoms with E-state index in [0.29, 0.717) is 18.5 Å². The van der Waals surface area contributed by atoms with E-state index in [9.17, 15) is 14.0 Å². The molecule has 3 aromatic carbocycles. The van der Waals surface area contributed by atoms with Crippen molar-refractivity contribution in [2.24, 2.45) is 0 Å². The number of hydrogen-bond donors (Lipinski definition) is 2. The topological polar surface area (TPSA) is 58.2 Å². The van der Waals surface area contributed by atoms with E-state index >= 15 is 0 Å². The van der Waals surface area contributed by atoms with Crippen molar-refractivity contribution in [1.82, 2.24) is 0 Å². The molecule has 142 valence electrons. The van der Waals surface area contributed by atoms with Crippen LogP contribution < -0.4 is 10.6 Å². The van der Waals surface area contributed by atoms with E-state index in [0.717, 1.165) is 11.1 Å². The van der Waals surface area contributed by atoms with Gasteiger partial charge in [0.2, 0.25) is 11.8 Å². The highest BCUT2D eigenvalue weighted by molar-refractivity contribution is 5.95. The number of nitrogens with one attached hydrogen (secondary N) is 2. The Morgan fingerprint density at radius 1 is 0.750 bits per heavy atom. The summed E-state index contributed by atoms with van der Waals surface area (Å²) in [4.78, 5) is 24.3. The van der Waals surface area contributed by atoms with Crippen LogP contribution in [0.1, 0.15) is 17.5 Å². The van der Waals surface area contributed by atoms with Crippen molar-refractivity contribution >= 4 is 23.2 Å². The summed E-state index contributed by atoms with van der Waals surface area (Å²) in [6.45, 7) is 0. The zero-order valence-corrected chi connectivity index (χ0v) is 15.3. The summed E-state index contributed by atoms with van der Waals surface area (Å²) in [6.07, 6.45) is 1.08. The van der Waals surface area contributed by atoms with Gasteiger partial charge in [-0.1, -0.05) is 60.7 Å².